The quantitative estimate of drug-likeness (QED) is 0.281. The van der Waals surface area contributed by atoms with E-state index in [1.165, 1.54) is 49.8 Å². The number of benzene rings is 2. The molecular weight excluding hydrogens is 549 g/mol. The first kappa shape index (κ1) is 30.5. The summed E-state index contributed by atoms with van der Waals surface area (Å²) >= 11 is 1.24. The molecule has 40 heavy (non-hydrogen) atoms. The van der Waals surface area contributed by atoms with Crippen molar-refractivity contribution in [3.8, 4) is 28.5 Å². The van der Waals surface area contributed by atoms with E-state index in [0.717, 1.165) is 12.8 Å². The molecule has 0 unspecified atom stereocenters. The Morgan fingerprint density at radius 3 is 2.35 bits per heavy atom. The molecule has 0 fully saturated rings. The number of nitrogens with zero attached hydrogens (tertiary/aromatic N) is 2. The van der Waals surface area contributed by atoms with Crippen molar-refractivity contribution in [3.63, 3.8) is 0 Å². The van der Waals surface area contributed by atoms with Crippen LogP contribution in [0.15, 0.2) is 52.8 Å². The highest BCUT2D eigenvalue weighted by Crippen LogP contribution is 2.28. The fraction of sp³-hybridized carbons (Fsp3) is 0.370. The molecule has 13 heteroatoms. The largest absolute Gasteiger partial charge is 0.573 e. The minimum Gasteiger partial charge on any atom is -0.497 e. The molecule has 0 bridgehead atoms. The van der Waals surface area contributed by atoms with E-state index in [9.17, 15) is 22.8 Å². The maximum atomic E-state index is 13.1. The van der Waals surface area contributed by atoms with Crippen LogP contribution in [0.4, 0.5) is 18.0 Å². The van der Waals surface area contributed by atoms with Crippen LogP contribution in [0.25, 0.3) is 11.3 Å². The van der Waals surface area contributed by atoms with Gasteiger partial charge >= 0.3 is 12.4 Å². The van der Waals surface area contributed by atoms with Gasteiger partial charge in [0.2, 0.25) is 0 Å². The van der Waals surface area contributed by atoms with Crippen LogP contribution in [0.5, 0.6) is 17.2 Å². The molecule has 216 valence electrons. The van der Waals surface area contributed by atoms with Crippen LogP contribution < -0.4 is 29.6 Å². The van der Waals surface area contributed by atoms with Gasteiger partial charge < -0.3 is 29.4 Å². The number of methoxy groups -OCH3 is 2. The summed E-state index contributed by atoms with van der Waals surface area (Å²) < 4.78 is 54.1. The molecule has 1 heterocycles. The van der Waals surface area contributed by atoms with Crippen LogP contribution in [0.2, 0.25) is 0 Å². The van der Waals surface area contributed by atoms with E-state index in [0.29, 0.717) is 53.6 Å². The predicted molar refractivity (Wildman–Crippen MR) is 145 cm³/mol. The van der Waals surface area contributed by atoms with Crippen LogP contribution in [0, 0.1) is 0 Å². The van der Waals surface area contributed by atoms with Crippen molar-refractivity contribution in [1.82, 2.24) is 15.2 Å². The van der Waals surface area contributed by atoms with Crippen molar-refractivity contribution < 1.29 is 37.0 Å². The van der Waals surface area contributed by atoms with Gasteiger partial charge in [0.05, 0.1) is 25.5 Å². The van der Waals surface area contributed by atoms with Crippen molar-refractivity contribution in [2.24, 2.45) is 4.99 Å². The van der Waals surface area contributed by atoms with Gasteiger partial charge in [0.25, 0.3) is 5.91 Å². The van der Waals surface area contributed by atoms with E-state index in [2.05, 4.69) is 20.4 Å². The Morgan fingerprint density at radius 1 is 0.975 bits per heavy atom. The fourth-order valence-corrected chi connectivity index (χ4v) is 4.74. The molecular formula is C27H31F3N4O5S. The number of nitrogens with one attached hydrogen (secondary N) is 2. The average molecular weight is 581 g/mol. The molecule has 2 N–H and O–H groups in total. The van der Waals surface area contributed by atoms with Gasteiger partial charge in [-0.15, -0.1) is 24.5 Å². The van der Waals surface area contributed by atoms with Crippen LogP contribution in [0.1, 0.15) is 36.5 Å². The number of halogens is 3. The SMILES string of the molecule is CCNC(=O)NCCCCCn1c(-c2ccc(OC(F)(F)F)cc2)cs/c1=N\C(=O)c1ccc(OC)cc1OC. The lowest BCUT2D eigenvalue weighted by atomic mass is 10.1. The van der Waals surface area contributed by atoms with Gasteiger partial charge in [0.1, 0.15) is 17.2 Å². The van der Waals surface area contributed by atoms with Gasteiger partial charge in [-0.25, -0.2) is 4.79 Å². The molecule has 0 aliphatic carbocycles. The molecule has 0 aliphatic rings. The normalized spacial score (nSPS) is 11.7. The second-order valence-electron chi connectivity index (χ2n) is 8.46. The zero-order chi connectivity index (χ0) is 29.1. The zero-order valence-corrected chi connectivity index (χ0v) is 23.2. The molecule has 1 aromatic heterocycles. The maximum Gasteiger partial charge on any atom is 0.573 e. The number of thiazole rings is 1. The summed E-state index contributed by atoms with van der Waals surface area (Å²) in [5.74, 6) is 0.00354. The number of carbonyl (C=O) groups excluding carboxylic acids is 2. The topological polar surface area (TPSA) is 103 Å². The fourth-order valence-electron chi connectivity index (χ4n) is 3.81. The first-order valence-electron chi connectivity index (χ1n) is 12.5. The number of rotatable bonds is 12. The third-order valence-electron chi connectivity index (χ3n) is 5.70. The van der Waals surface area contributed by atoms with Crippen LogP contribution in [-0.4, -0.2) is 50.2 Å². The average Bonchev–Trinajstić information content (AvgIpc) is 3.31. The van der Waals surface area contributed by atoms with E-state index in [4.69, 9.17) is 9.47 Å². The molecule has 0 radical (unpaired) electrons. The third-order valence-corrected chi connectivity index (χ3v) is 6.56. The number of ether oxygens (including phenoxy) is 3. The maximum absolute atomic E-state index is 13.1. The summed E-state index contributed by atoms with van der Waals surface area (Å²) in [7, 11) is 2.95. The van der Waals surface area contributed by atoms with E-state index >= 15 is 0 Å². The molecule has 0 saturated carbocycles. The van der Waals surface area contributed by atoms with Crippen LogP contribution >= 0.6 is 11.3 Å². The highest BCUT2D eigenvalue weighted by atomic mass is 32.1. The second-order valence-corrected chi connectivity index (χ2v) is 9.29. The number of unbranched alkanes of at least 4 members (excludes halogenated alkanes) is 2. The van der Waals surface area contributed by atoms with Gasteiger partial charge in [-0.2, -0.15) is 4.99 Å². The standard InChI is InChI=1S/C27H31F3N4O5S/c1-4-31-25(36)32-14-6-5-7-15-34-22(18-8-10-19(11-9-18)39-27(28,29)30)17-40-26(34)33-24(35)21-13-12-20(37-2)16-23(21)38-3/h8-13,16-17H,4-7,14-15H2,1-3H3,(H2,31,32,36)/b33-26-. The number of hydrogen-bond acceptors (Lipinski definition) is 6. The molecule has 3 aromatic rings. The Balaban J connectivity index is 1.86. The molecule has 0 atom stereocenters. The molecule has 3 rings (SSSR count). The van der Waals surface area contributed by atoms with Gasteiger partial charge in [-0.05, 0) is 68.1 Å². The molecule has 9 nitrogen and oxygen atoms in total. The molecule has 0 spiro atoms. The molecule has 0 saturated heterocycles. The van der Waals surface area contributed by atoms with Gasteiger partial charge in [-0.3, -0.25) is 4.79 Å². The van der Waals surface area contributed by atoms with Crippen LogP contribution in [-0.2, 0) is 6.54 Å². The minimum atomic E-state index is -4.79. The summed E-state index contributed by atoms with van der Waals surface area (Å²) in [6.45, 7) is 3.39. The highest BCUT2D eigenvalue weighted by Gasteiger charge is 2.31. The molecule has 2 aromatic carbocycles. The van der Waals surface area contributed by atoms with Crippen molar-refractivity contribution >= 4 is 23.3 Å². The highest BCUT2D eigenvalue weighted by molar-refractivity contribution is 7.07. The first-order valence-corrected chi connectivity index (χ1v) is 13.4. The minimum absolute atomic E-state index is 0.219. The van der Waals surface area contributed by atoms with Gasteiger partial charge in [0, 0.05) is 31.1 Å². The lowest BCUT2D eigenvalue weighted by molar-refractivity contribution is -0.274. The predicted octanol–water partition coefficient (Wildman–Crippen LogP) is 5.36. The molecule has 0 aliphatic heterocycles. The summed E-state index contributed by atoms with van der Waals surface area (Å²) in [4.78, 5) is 29.5. The second kappa shape index (κ2) is 14.4. The van der Waals surface area contributed by atoms with Crippen molar-refractivity contribution in [3.05, 3.63) is 58.2 Å². The first-order chi connectivity index (χ1) is 19.1. The van der Waals surface area contributed by atoms with Crippen molar-refractivity contribution in [1.29, 1.82) is 0 Å². The zero-order valence-electron chi connectivity index (χ0n) is 22.3. The number of alkyl halides is 3. The van der Waals surface area contributed by atoms with Crippen molar-refractivity contribution in [2.45, 2.75) is 39.1 Å². The lowest BCUT2D eigenvalue weighted by Gasteiger charge is -2.12. The Kier molecular flexibility index (Phi) is 11.0. The lowest BCUT2D eigenvalue weighted by Crippen LogP contribution is -2.35. The van der Waals surface area contributed by atoms with E-state index in [1.54, 1.807) is 23.6 Å². The van der Waals surface area contributed by atoms with E-state index in [1.807, 2.05) is 11.5 Å². The summed E-state index contributed by atoms with van der Waals surface area (Å²) in [6.07, 6.45) is -2.55. The smallest absolute Gasteiger partial charge is 0.497 e. The van der Waals surface area contributed by atoms with E-state index in [-0.39, 0.29) is 17.3 Å². The number of hydrogen-bond donors (Lipinski definition) is 2. The summed E-state index contributed by atoms with van der Waals surface area (Å²) in [6, 6.07) is 10.1. The number of aromatic nitrogens is 1. The summed E-state index contributed by atoms with van der Waals surface area (Å²) in [5.41, 5.74) is 1.59. The Morgan fingerprint density at radius 2 is 1.70 bits per heavy atom. The van der Waals surface area contributed by atoms with E-state index < -0.39 is 12.3 Å². The third kappa shape index (κ3) is 8.76. The monoisotopic (exact) mass is 580 g/mol. The van der Waals surface area contributed by atoms with Crippen LogP contribution in [0.3, 0.4) is 0 Å². The number of amides is 3. The Hall–Kier alpha value is -4.00. The summed E-state index contributed by atoms with van der Waals surface area (Å²) in [5, 5.41) is 7.25. The number of urea groups is 1. The van der Waals surface area contributed by atoms with Crippen molar-refractivity contribution in [2.75, 3.05) is 27.3 Å². The van der Waals surface area contributed by atoms with Gasteiger partial charge in [0.15, 0.2) is 4.80 Å². The molecule has 3 amide bonds. The van der Waals surface area contributed by atoms with Gasteiger partial charge in [-0.1, -0.05) is 0 Å². The Bertz CT molecular complexity index is 1350. The number of carbonyl (C=O) groups is 2. The Labute approximate surface area is 233 Å².